The minimum atomic E-state index is -0.437. The van der Waals surface area contributed by atoms with Gasteiger partial charge in [0.15, 0.2) is 0 Å². The molecule has 1 amide bonds. The second-order valence-electron chi connectivity index (χ2n) is 11.8. The Balaban J connectivity index is 1.16. The van der Waals surface area contributed by atoms with Crippen molar-refractivity contribution in [2.45, 2.75) is 57.5 Å². The van der Waals surface area contributed by atoms with Crippen LogP contribution in [0.2, 0.25) is 5.02 Å². The number of hydrogen-bond donors (Lipinski definition) is 1. The second kappa shape index (κ2) is 13.2. The zero-order valence-electron chi connectivity index (χ0n) is 23.8. The van der Waals surface area contributed by atoms with Gasteiger partial charge in [0.25, 0.3) is 0 Å². The van der Waals surface area contributed by atoms with Gasteiger partial charge in [-0.05, 0) is 80.1 Å². The van der Waals surface area contributed by atoms with Crippen molar-refractivity contribution < 1.29 is 9.53 Å². The monoisotopic (exact) mass is 559 g/mol. The normalized spacial score (nSPS) is 18.5. The van der Waals surface area contributed by atoms with E-state index in [0.717, 1.165) is 76.3 Å². The van der Waals surface area contributed by atoms with Crippen LogP contribution in [-0.2, 0) is 16.8 Å². The molecule has 5 nitrogen and oxygen atoms in total. The zero-order chi connectivity index (χ0) is 28.0. The highest BCUT2D eigenvalue weighted by molar-refractivity contribution is 6.32. The van der Waals surface area contributed by atoms with Gasteiger partial charge < -0.3 is 15.0 Å². The summed E-state index contributed by atoms with van der Waals surface area (Å²) in [5.41, 5.74) is 1.93. The van der Waals surface area contributed by atoms with Gasteiger partial charge >= 0.3 is 0 Å². The first-order valence-electron chi connectivity index (χ1n) is 14.7. The first kappa shape index (κ1) is 28.7. The van der Waals surface area contributed by atoms with Gasteiger partial charge in [-0.2, -0.15) is 0 Å². The first-order valence-corrected chi connectivity index (χ1v) is 15.1. The predicted octanol–water partition coefficient (Wildman–Crippen LogP) is 6.90. The molecule has 1 N–H and O–H groups in total. The van der Waals surface area contributed by atoms with Crippen LogP contribution in [0.3, 0.4) is 0 Å². The third-order valence-corrected chi connectivity index (χ3v) is 8.70. The van der Waals surface area contributed by atoms with E-state index in [1.54, 1.807) is 0 Å². The van der Waals surface area contributed by atoms with Gasteiger partial charge in [0, 0.05) is 32.2 Å². The highest BCUT2D eigenvalue weighted by atomic mass is 35.5. The third-order valence-electron chi connectivity index (χ3n) is 8.39. The summed E-state index contributed by atoms with van der Waals surface area (Å²) in [5, 5.41) is 4.10. The Bertz CT molecular complexity index is 1250. The van der Waals surface area contributed by atoms with Crippen LogP contribution in [0.15, 0.2) is 78.9 Å². The summed E-state index contributed by atoms with van der Waals surface area (Å²) in [5.74, 6) is 2.31. The molecule has 40 heavy (non-hydrogen) atoms. The van der Waals surface area contributed by atoms with Crippen molar-refractivity contribution in [1.82, 2.24) is 15.1 Å². The summed E-state index contributed by atoms with van der Waals surface area (Å²) in [6.45, 7) is 10.4. The molecular formula is C34H42ClN3O2. The quantitative estimate of drug-likeness (QED) is 0.309. The molecule has 6 heteroatoms. The lowest BCUT2D eigenvalue weighted by atomic mass is 9.71. The van der Waals surface area contributed by atoms with Crippen LogP contribution >= 0.6 is 11.6 Å². The predicted molar refractivity (Wildman–Crippen MR) is 163 cm³/mol. The molecule has 0 saturated carbocycles. The SMILES string of the molecule is CC(C)CN1CCC(C(=O)NC2CCN(Cc3cccc(Oc4ccccc4Cl)c3)CC2)(c2ccccc2)CC1. The topological polar surface area (TPSA) is 44.8 Å². The molecular weight excluding hydrogens is 518 g/mol. The van der Waals surface area contributed by atoms with Crippen molar-refractivity contribution in [2.75, 3.05) is 32.7 Å². The number of hydrogen-bond acceptors (Lipinski definition) is 4. The minimum Gasteiger partial charge on any atom is -0.456 e. The number of benzene rings is 3. The first-order chi connectivity index (χ1) is 19.4. The molecule has 2 fully saturated rings. The number of nitrogens with zero attached hydrogens (tertiary/aromatic N) is 2. The average Bonchev–Trinajstić information content (AvgIpc) is 2.96. The lowest BCUT2D eigenvalue weighted by Gasteiger charge is -2.43. The maximum absolute atomic E-state index is 13.9. The lowest BCUT2D eigenvalue weighted by molar-refractivity contribution is -0.129. The fourth-order valence-electron chi connectivity index (χ4n) is 6.22. The van der Waals surface area contributed by atoms with Crippen LogP contribution < -0.4 is 10.1 Å². The standard InChI is InChI=1S/C34H42ClN3O2/c1-26(2)24-38-21-17-34(18-22-38,28-10-4-3-5-11-28)33(39)36-29-15-19-37(20-16-29)25-27-9-8-12-30(23-27)40-32-14-7-6-13-31(32)35/h3-14,23,26,29H,15-22,24-25H2,1-2H3,(H,36,39). The highest BCUT2D eigenvalue weighted by Gasteiger charge is 2.43. The summed E-state index contributed by atoms with van der Waals surface area (Å²) in [6, 6.07) is 26.4. The smallest absolute Gasteiger partial charge is 0.230 e. The third kappa shape index (κ3) is 7.06. The van der Waals surface area contributed by atoms with Gasteiger partial charge in [-0.15, -0.1) is 0 Å². The number of carbonyl (C=O) groups is 1. The Morgan fingerprint density at radius 2 is 1.62 bits per heavy atom. The molecule has 0 atom stereocenters. The number of likely N-dealkylation sites (tertiary alicyclic amines) is 2. The Morgan fingerprint density at radius 1 is 0.925 bits per heavy atom. The summed E-state index contributed by atoms with van der Waals surface area (Å²) < 4.78 is 6.03. The molecule has 2 aliphatic rings. The van der Waals surface area contributed by atoms with E-state index in [2.05, 4.69) is 65.4 Å². The van der Waals surface area contributed by atoms with Gasteiger partial charge in [-0.25, -0.2) is 0 Å². The molecule has 2 heterocycles. The molecule has 0 spiro atoms. The number of ether oxygens (including phenoxy) is 1. The number of piperidine rings is 2. The molecule has 2 saturated heterocycles. The zero-order valence-corrected chi connectivity index (χ0v) is 24.6. The van der Waals surface area contributed by atoms with Crippen molar-refractivity contribution in [1.29, 1.82) is 0 Å². The molecule has 3 aromatic carbocycles. The fraction of sp³-hybridized carbons (Fsp3) is 0.441. The molecule has 2 aliphatic heterocycles. The van der Waals surface area contributed by atoms with Gasteiger partial charge in [0.2, 0.25) is 5.91 Å². The molecule has 5 rings (SSSR count). The number of nitrogens with one attached hydrogen (secondary N) is 1. The van der Waals surface area contributed by atoms with Crippen LogP contribution in [-0.4, -0.2) is 54.5 Å². The molecule has 0 unspecified atom stereocenters. The highest BCUT2D eigenvalue weighted by Crippen LogP contribution is 2.37. The Morgan fingerprint density at radius 3 is 2.33 bits per heavy atom. The maximum atomic E-state index is 13.9. The van der Waals surface area contributed by atoms with Crippen molar-refractivity contribution in [3.63, 3.8) is 0 Å². The van der Waals surface area contributed by atoms with Crippen LogP contribution in [0, 0.1) is 5.92 Å². The largest absolute Gasteiger partial charge is 0.456 e. The van der Waals surface area contributed by atoms with Crippen LogP contribution in [0.1, 0.15) is 50.7 Å². The second-order valence-corrected chi connectivity index (χ2v) is 12.3. The van der Waals surface area contributed by atoms with E-state index in [9.17, 15) is 4.79 Å². The van der Waals surface area contributed by atoms with Crippen molar-refractivity contribution in [3.05, 3.63) is 95.0 Å². The van der Waals surface area contributed by atoms with Crippen LogP contribution in [0.4, 0.5) is 0 Å². The van der Waals surface area contributed by atoms with Gasteiger partial charge in [0.05, 0.1) is 10.4 Å². The fourth-order valence-corrected chi connectivity index (χ4v) is 6.39. The van der Waals surface area contributed by atoms with E-state index in [1.165, 1.54) is 5.56 Å². The van der Waals surface area contributed by atoms with E-state index in [4.69, 9.17) is 16.3 Å². The minimum absolute atomic E-state index is 0.214. The molecule has 0 aliphatic carbocycles. The van der Waals surface area contributed by atoms with E-state index < -0.39 is 5.41 Å². The molecule has 0 radical (unpaired) electrons. The number of amides is 1. The maximum Gasteiger partial charge on any atom is 0.230 e. The van der Waals surface area contributed by atoms with E-state index in [1.807, 2.05) is 42.5 Å². The average molecular weight is 560 g/mol. The van der Waals surface area contributed by atoms with E-state index in [-0.39, 0.29) is 11.9 Å². The van der Waals surface area contributed by atoms with Crippen LogP contribution in [0.5, 0.6) is 11.5 Å². The van der Waals surface area contributed by atoms with Crippen molar-refractivity contribution >= 4 is 17.5 Å². The molecule has 212 valence electrons. The summed E-state index contributed by atoms with van der Waals surface area (Å²) >= 11 is 6.27. The summed E-state index contributed by atoms with van der Waals surface area (Å²) in [6.07, 6.45) is 3.68. The number of rotatable bonds is 9. The van der Waals surface area contributed by atoms with Crippen molar-refractivity contribution in [3.8, 4) is 11.5 Å². The van der Waals surface area contributed by atoms with Crippen LogP contribution in [0.25, 0.3) is 0 Å². The molecule has 0 bridgehead atoms. The number of para-hydroxylation sites is 1. The van der Waals surface area contributed by atoms with Gasteiger partial charge in [-0.1, -0.05) is 80.0 Å². The van der Waals surface area contributed by atoms with Gasteiger partial charge in [0.1, 0.15) is 11.5 Å². The summed E-state index contributed by atoms with van der Waals surface area (Å²) in [4.78, 5) is 18.9. The van der Waals surface area contributed by atoms with Gasteiger partial charge in [-0.3, -0.25) is 9.69 Å². The van der Waals surface area contributed by atoms with Crippen molar-refractivity contribution in [2.24, 2.45) is 5.92 Å². The summed E-state index contributed by atoms with van der Waals surface area (Å²) in [7, 11) is 0. The molecule has 0 aromatic heterocycles. The Kier molecular flexibility index (Phi) is 9.46. The van der Waals surface area contributed by atoms with E-state index in [0.29, 0.717) is 16.7 Å². The Hall–Kier alpha value is -2.86. The lowest BCUT2D eigenvalue weighted by Crippen LogP contribution is -2.55. The molecule has 3 aromatic rings. The number of carbonyl (C=O) groups excluding carboxylic acids is 1. The Labute approximate surface area is 244 Å². The van der Waals surface area contributed by atoms with E-state index >= 15 is 0 Å². The number of halogens is 1.